The molecule has 3 nitrogen and oxygen atoms in total. The van der Waals surface area contributed by atoms with Gasteiger partial charge in [0.1, 0.15) is 5.69 Å². The summed E-state index contributed by atoms with van der Waals surface area (Å²) in [5, 5.41) is 0. The Balaban J connectivity index is 2.94. The van der Waals surface area contributed by atoms with E-state index in [0.717, 1.165) is 12.3 Å². The Morgan fingerprint density at radius 3 is 2.15 bits per heavy atom. The normalized spacial score (nSPS) is 12.2. The van der Waals surface area contributed by atoms with Crippen LogP contribution in [0, 0.1) is 0 Å². The summed E-state index contributed by atoms with van der Waals surface area (Å²) in [7, 11) is 0. The number of pyridine rings is 1. The molecule has 72 valence electrons. The summed E-state index contributed by atoms with van der Waals surface area (Å²) in [6, 6.07) is 1.67. The van der Waals surface area contributed by atoms with E-state index in [2.05, 4.69) is 4.98 Å². The molecule has 2 N–H and O–H groups in total. The topological polar surface area (TPSA) is 53.4 Å². The lowest BCUT2D eigenvalue weighted by Crippen LogP contribution is -2.08. The third-order valence-corrected chi connectivity index (χ3v) is 1.90. The van der Waals surface area contributed by atoms with Gasteiger partial charge in [0.2, 0.25) is 4.90 Å². The van der Waals surface area contributed by atoms with Gasteiger partial charge in [0.05, 0.1) is 6.20 Å². The zero-order chi connectivity index (χ0) is 10.1. The minimum atomic E-state index is -4.50. The Bertz CT molecular complexity index is 285. The van der Waals surface area contributed by atoms with E-state index in [9.17, 15) is 13.2 Å². The van der Waals surface area contributed by atoms with Crippen LogP contribution in [-0.2, 0) is 17.6 Å². The van der Waals surface area contributed by atoms with Gasteiger partial charge in [-0.2, -0.15) is 22.3 Å². The average Bonchev–Trinajstić information content (AvgIpc) is 2.03. The van der Waals surface area contributed by atoms with Crippen LogP contribution in [0.15, 0.2) is 23.2 Å². The predicted molar refractivity (Wildman–Crippen MR) is 40.1 cm³/mol. The van der Waals surface area contributed by atoms with Crippen LogP contribution in [0.4, 0.5) is 13.2 Å². The smallest absolute Gasteiger partial charge is 0.246 e. The van der Waals surface area contributed by atoms with E-state index in [4.69, 9.17) is 9.11 Å². The molecule has 1 aromatic rings. The molecule has 0 aliphatic rings. The molecule has 0 bridgehead atoms. The van der Waals surface area contributed by atoms with Crippen molar-refractivity contribution < 1.29 is 22.3 Å². The van der Waals surface area contributed by atoms with Gasteiger partial charge < -0.3 is 0 Å². The molecule has 0 amide bonds. The van der Waals surface area contributed by atoms with Crippen molar-refractivity contribution in [2.24, 2.45) is 0 Å². The number of rotatable bonds is 1. The molecule has 1 aromatic heterocycles. The minimum absolute atomic E-state index is 0.0481. The Kier molecular flexibility index (Phi) is 2.79. The zero-order valence-electron chi connectivity index (χ0n) is 6.12. The maximum Gasteiger partial charge on any atom is 0.433 e. The number of hydrogen-bond acceptors (Lipinski definition) is 3. The second-order valence-corrected chi connectivity index (χ2v) is 3.14. The molecule has 0 atom stereocenters. The second-order valence-electron chi connectivity index (χ2n) is 2.14. The highest BCUT2D eigenvalue weighted by Gasteiger charge is 2.33. The molecule has 0 saturated heterocycles. The molecule has 1 heterocycles. The Morgan fingerprint density at radius 2 is 1.85 bits per heavy atom. The largest absolute Gasteiger partial charge is 0.433 e. The van der Waals surface area contributed by atoms with Gasteiger partial charge in [0, 0.05) is 6.07 Å². The number of nitrogens with zero attached hydrogens (tertiary/aromatic N) is 1. The molecule has 0 aliphatic carbocycles. The van der Waals surface area contributed by atoms with Crippen LogP contribution in [0.2, 0.25) is 0 Å². The van der Waals surface area contributed by atoms with Gasteiger partial charge in [-0.1, -0.05) is 0 Å². The van der Waals surface area contributed by atoms with Crippen LogP contribution in [0.1, 0.15) is 5.69 Å². The molecule has 13 heavy (non-hydrogen) atoms. The van der Waals surface area contributed by atoms with Gasteiger partial charge in [-0.25, -0.2) is 4.98 Å². The third kappa shape index (κ3) is 2.58. The predicted octanol–water partition coefficient (Wildman–Crippen LogP) is 2.02. The molecule has 7 heteroatoms. The van der Waals surface area contributed by atoms with Gasteiger partial charge in [-0.3, -0.25) is 0 Å². The summed E-state index contributed by atoms with van der Waals surface area (Å²) < 4.78 is 53.0. The lowest BCUT2D eigenvalue weighted by Gasteiger charge is -2.03. The Labute approximate surface area is 74.6 Å². The van der Waals surface area contributed by atoms with Gasteiger partial charge >= 0.3 is 17.6 Å². The minimum Gasteiger partial charge on any atom is -0.246 e. The summed E-state index contributed by atoms with van der Waals surface area (Å²) in [6.45, 7) is 0. The first-order valence-corrected chi connectivity index (χ1v) is 4.21. The summed E-state index contributed by atoms with van der Waals surface area (Å²) in [6.07, 6.45) is -3.71. The van der Waals surface area contributed by atoms with Gasteiger partial charge in [-0.15, -0.1) is 0 Å². The molecule has 0 aliphatic heterocycles. The summed E-state index contributed by atoms with van der Waals surface area (Å²) in [5.41, 5.74) is -1.05. The van der Waals surface area contributed by atoms with Crippen molar-refractivity contribution in [1.29, 1.82) is 0 Å². The molecule has 0 spiro atoms. The van der Waals surface area contributed by atoms with Crippen molar-refractivity contribution >= 4 is 11.5 Å². The summed E-state index contributed by atoms with van der Waals surface area (Å²) in [5.74, 6) is 0. The maximum atomic E-state index is 11.9. The number of halogens is 3. The fourth-order valence-electron chi connectivity index (χ4n) is 0.656. The highest BCUT2D eigenvalue weighted by Crippen LogP contribution is 2.27. The second kappa shape index (κ2) is 3.52. The van der Waals surface area contributed by atoms with Crippen molar-refractivity contribution in [3.63, 3.8) is 0 Å². The SMILES string of the molecule is O[S+](O)c1ccc(C(F)(F)F)nc1. The van der Waals surface area contributed by atoms with Crippen molar-refractivity contribution in [3.05, 3.63) is 24.0 Å². The molecular weight excluding hydrogens is 207 g/mol. The zero-order valence-corrected chi connectivity index (χ0v) is 6.93. The Hall–Kier alpha value is -0.790. The first-order valence-electron chi connectivity index (χ1n) is 3.07. The van der Waals surface area contributed by atoms with E-state index >= 15 is 0 Å². The quantitative estimate of drug-likeness (QED) is 0.700. The first kappa shape index (κ1) is 10.3. The summed E-state index contributed by atoms with van der Waals surface area (Å²) >= 11 is -2.04. The van der Waals surface area contributed by atoms with Crippen LogP contribution < -0.4 is 0 Å². The lowest BCUT2D eigenvalue weighted by molar-refractivity contribution is -0.141. The van der Waals surface area contributed by atoms with Gasteiger partial charge in [0.25, 0.3) is 0 Å². The molecule has 0 unspecified atom stereocenters. The van der Waals surface area contributed by atoms with E-state index in [1.165, 1.54) is 0 Å². The first-order chi connectivity index (χ1) is 5.91. The van der Waals surface area contributed by atoms with Crippen molar-refractivity contribution in [3.8, 4) is 0 Å². The molecule has 0 aromatic carbocycles. The van der Waals surface area contributed by atoms with E-state index in [0.29, 0.717) is 6.07 Å². The number of alkyl halides is 3. The van der Waals surface area contributed by atoms with Crippen LogP contribution in [0.3, 0.4) is 0 Å². The monoisotopic (exact) mass is 212 g/mol. The standard InChI is InChI=1S/C6H5F3NO2S/c7-6(8,9)5-2-1-4(3-10-5)13(11)12/h1-3,11-12H/q+1. The summed E-state index contributed by atoms with van der Waals surface area (Å²) in [4.78, 5) is 2.99. The highest BCUT2D eigenvalue weighted by atomic mass is 32.2. The van der Waals surface area contributed by atoms with Gasteiger partial charge in [-0.05, 0) is 6.07 Å². The van der Waals surface area contributed by atoms with Crippen molar-refractivity contribution in [2.75, 3.05) is 0 Å². The lowest BCUT2D eigenvalue weighted by atomic mass is 10.3. The fraction of sp³-hybridized carbons (Fsp3) is 0.167. The van der Waals surface area contributed by atoms with E-state index in [-0.39, 0.29) is 4.90 Å². The van der Waals surface area contributed by atoms with E-state index < -0.39 is 23.3 Å². The highest BCUT2D eigenvalue weighted by molar-refractivity contribution is 7.85. The third-order valence-electron chi connectivity index (χ3n) is 1.24. The van der Waals surface area contributed by atoms with Crippen LogP contribution in [-0.4, -0.2) is 14.1 Å². The van der Waals surface area contributed by atoms with Crippen LogP contribution in [0.5, 0.6) is 0 Å². The molecule has 1 rings (SSSR count). The van der Waals surface area contributed by atoms with E-state index in [1.54, 1.807) is 0 Å². The van der Waals surface area contributed by atoms with Crippen LogP contribution in [0.25, 0.3) is 0 Å². The maximum absolute atomic E-state index is 11.9. The molecule has 0 saturated carbocycles. The van der Waals surface area contributed by atoms with Crippen molar-refractivity contribution in [2.45, 2.75) is 11.1 Å². The Morgan fingerprint density at radius 1 is 1.23 bits per heavy atom. The molecular formula is C6H5F3NO2S+. The van der Waals surface area contributed by atoms with E-state index in [1.807, 2.05) is 0 Å². The van der Waals surface area contributed by atoms with Gasteiger partial charge in [0.15, 0.2) is 0 Å². The number of hydrogen-bond donors (Lipinski definition) is 2. The molecule has 0 fully saturated rings. The van der Waals surface area contributed by atoms with Crippen LogP contribution >= 0.6 is 0 Å². The molecule has 0 radical (unpaired) electrons. The number of aromatic nitrogens is 1. The fourth-order valence-corrected chi connectivity index (χ4v) is 0.993. The average molecular weight is 212 g/mol. The van der Waals surface area contributed by atoms with Crippen molar-refractivity contribution in [1.82, 2.24) is 4.98 Å².